The highest BCUT2D eigenvalue weighted by Gasteiger charge is 2.11. The molecule has 0 aromatic heterocycles. The Morgan fingerprint density at radius 3 is 2.72 bits per heavy atom. The lowest BCUT2D eigenvalue weighted by atomic mass is 10.1. The molecule has 2 rings (SSSR count). The molecule has 0 bridgehead atoms. The van der Waals surface area contributed by atoms with Crippen molar-refractivity contribution in [1.82, 2.24) is 0 Å². The fraction of sp³-hybridized carbons (Fsp3) is 0.143. The number of benzene rings is 1. The van der Waals surface area contributed by atoms with E-state index in [1.807, 2.05) is 30.4 Å². The molecule has 2 nitrogen and oxygen atoms in total. The second kappa shape index (κ2) is 5.78. The summed E-state index contributed by atoms with van der Waals surface area (Å²) in [7, 11) is 0. The predicted octanol–water partition coefficient (Wildman–Crippen LogP) is 3.40. The van der Waals surface area contributed by atoms with Crippen LogP contribution in [0.1, 0.15) is 6.42 Å². The minimum absolute atomic E-state index is 0.191. The van der Waals surface area contributed by atoms with Crippen molar-refractivity contribution in [2.45, 2.75) is 11.3 Å². The molecule has 18 heavy (non-hydrogen) atoms. The number of nitrogens with zero attached hydrogens (tertiary/aromatic N) is 1. The van der Waals surface area contributed by atoms with Crippen molar-refractivity contribution in [3.63, 3.8) is 0 Å². The summed E-state index contributed by atoms with van der Waals surface area (Å²) in [6.45, 7) is 0.191. The lowest BCUT2D eigenvalue weighted by Crippen LogP contribution is -2.17. The molecule has 0 radical (unpaired) electrons. The minimum atomic E-state index is 0.191. The van der Waals surface area contributed by atoms with Crippen LogP contribution in [-0.2, 0) is 0 Å². The van der Waals surface area contributed by atoms with Crippen LogP contribution in [0.5, 0.6) is 0 Å². The van der Waals surface area contributed by atoms with Crippen molar-refractivity contribution in [1.29, 1.82) is 0 Å². The summed E-state index contributed by atoms with van der Waals surface area (Å²) in [4.78, 5) is 0.619. The van der Waals surface area contributed by atoms with E-state index in [-0.39, 0.29) is 6.54 Å². The van der Waals surface area contributed by atoms with E-state index in [0.717, 1.165) is 11.3 Å². The number of anilines is 1. The Balaban J connectivity index is 2.11. The van der Waals surface area contributed by atoms with E-state index < -0.39 is 0 Å². The first-order valence-electron chi connectivity index (χ1n) is 5.69. The summed E-state index contributed by atoms with van der Waals surface area (Å²) in [5, 5.41) is 0.695. The number of hydrogen-bond acceptors (Lipinski definition) is 3. The van der Waals surface area contributed by atoms with E-state index in [4.69, 9.17) is 5.73 Å². The first kappa shape index (κ1) is 12.8. The topological polar surface area (TPSA) is 29.3 Å². The minimum Gasteiger partial charge on any atom is -0.402 e. The molecule has 0 saturated carbocycles. The van der Waals surface area contributed by atoms with Crippen LogP contribution < -0.4 is 10.9 Å². The van der Waals surface area contributed by atoms with E-state index in [0.29, 0.717) is 22.1 Å². The molecule has 0 heterocycles. The fourth-order valence-electron chi connectivity index (χ4n) is 1.79. The summed E-state index contributed by atoms with van der Waals surface area (Å²) in [5.74, 6) is 0. The van der Waals surface area contributed by atoms with Crippen LogP contribution in [0.25, 0.3) is 0 Å². The lowest BCUT2D eigenvalue weighted by Gasteiger charge is -2.17. The van der Waals surface area contributed by atoms with Gasteiger partial charge in [0.1, 0.15) is 0 Å². The highest BCUT2D eigenvalue weighted by molar-refractivity contribution is 7.80. The van der Waals surface area contributed by atoms with Crippen LogP contribution in [0, 0.1) is 0 Å². The molecular weight excluding hydrogens is 247 g/mol. The van der Waals surface area contributed by atoms with Gasteiger partial charge in [0.15, 0.2) is 0 Å². The van der Waals surface area contributed by atoms with Crippen molar-refractivity contribution in [3.05, 3.63) is 59.8 Å². The molecule has 1 aromatic carbocycles. The SMILES string of the molecule is NC1=CC=CC=C(CN(F)c2ccccc2S)C1. The molecule has 0 spiro atoms. The van der Waals surface area contributed by atoms with Crippen LogP contribution in [-0.4, -0.2) is 6.54 Å². The van der Waals surface area contributed by atoms with Gasteiger partial charge in [-0.15, -0.1) is 12.6 Å². The fourth-order valence-corrected chi connectivity index (χ4v) is 2.06. The molecule has 0 saturated heterocycles. The molecule has 4 heteroatoms. The maximum absolute atomic E-state index is 14.1. The van der Waals surface area contributed by atoms with Gasteiger partial charge in [0.2, 0.25) is 0 Å². The second-order valence-corrected chi connectivity index (χ2v) is 4.62. The van der Waals surface area contributed by atoms with Gasteiger partial charge in [-0.3, -0.25) is 0 Å². The van der Waals surface area contributed by atoms with Crippen LogP contribution >= 0.6 is 12.6 Å². The molecular formula is C14H15FN2S. The molecule has 1 aliphatic carbocycles. The average molecular weight is 262 g/mol. The molecule has 0 atom stereocenters. The Morgan fingerprint density at radius 2 is 1.94 bits per heavy atom. The summed E-state index contributed by atoms with van der Waals surface area (Å²) in [5.41, 5.74) is 7.92. The van der Waals surface area contributed by atoms with Crippen molar-refractivity contribution in [2.24, 2.45) is 5.73 Å². The Labute approximate surface area is 112 Å². The molecule has 2 N–H and O–H groups in total. The molecule has 0 unspecified atom stereocenters. The van der Waals surface area contributed by atoms with Crippen LogP contribution in [0.3, 0.4) is 0 Å². The number of para-hydroxylation sites is 1. The zero-order valence-electron chi connectivity index (χ0n) is 9.88. The van der Waals surface area contributed by atoms with Gasteiger partial charge in [-0.25, -0.2) is 5.12 Å². The van der Waals surface area contributed by atoms with Gasteiger partial charge in [-0.2, -0.15) is 0 Å². The Hall–Kier alpha value is -1.68. The van der Waals surface area contributed by atoms with Gasteiger partial charge < -0.3 is 5.73 Å². The van der Waals surface area contributed by atoms with E-state index in [1.54, 1.807) is 18.2 Å². The first-order chi connectivity index (χ1) is 8.66. The normalized spacial score (nSPS) is 14.8. The Kier molecular flexibility index (Phi) is 4.10. The Bertz CT molecular complexity index is 520. The van der Waals surface area contributed by atoms with Gasteiger partial charge >= 0.3 is 0 Å². The van der Waals surface area contributed by atoms with E-state index in [9.17, 15) is 4.48 Å². The first-order valence-corrected chi connectivity index (χ1v) is 6.13. The molecule has 0 aliphatic heterocycles. The third kappa shape index (κ3) is 3.17. The number of thiol groups is 1. The van der Waals surface area contributed by atoms with Gasteiger partial charge in [-0.1, -0.05) is 34.8 Å². The Morgan fingerprint density at radius 1 is 1.22 bits per heavy atom. The average Bonchev–Trinajstić information content (AvgIpc) is 2.54. The standard InChI is InChI=1S/C14H15FN2S/c15-17(13-7-3-4-8-14(13)18)10-11-5-1-2-6-12(16)9-11/h1-8,18H,9-10,16H2. The third-order valence-corrected chi connectivity index (χ3v) is 3.05. The number of hydrogen-bond donors (Lipinski definition) is 2. The van der Waals surface area contributed by atoms with Crippen molar-refractivity contribution < 1.29 is 4.48 Å². The highest BCUT2D eigenvalue weighted by atomic mass is 32.1. The molecule has 1 aliphatic rings. The zero-order valence-corrected chi connectivity index (χ0v) is 10.8. The van der Waals surface area contributed by atoms with Crippen LogP contribution in [0.4, 0.5) is 10.2 Å². The van der Waals surface area contributed by atoms with Crippen molar-refractivity contribution in [3.8, 4) is 0 Å². The monoisotopic (exact) mass is 262 g/mol. The van der Waals surface area contributed by atoms with E-state index >= 15 is 0 Å². The number of rotatable bonds is 3. The third-order valence-electron chi connectivity index (χ3n) is 2.67. The van der Waals surface area contributed by atoms with E-state index in [1.165, 1.54) is 0 Å². The quantitative estimate of drug-likeness (QED) is 0.646. The number of nitrogens with two attached hydrogens (primary N) is 1. The van der Waals surface area contributed by atoms with Crippen molar-refractivity contribution in [2.75, 3.05) is 11.7 Å². The number of allylic oxidation sites excluding steroid dienone is 5. The second-order valence-electron chi connectivity index (χ2n) is 4.14. The predicted molar refractivity (Wildman–Crippen MR) is 76.3 cm³/mol. The molecule has 0 fully saturated rings. The van der Waals surface area contributed by atoms with Gasteiger partial charge in [0, 0.05) is 17.0 Å². The van der Waals surface area contributed by atoms with Crippen molar-refractivity contribution >= 4 is 18.3 Å². The molecule has 0 amide bonds. The zero-order chi connectivity index (χ0) is 13.0. The highest BCUT2D eigenvalue weighted by Crippen LogP contribution is 2.25. The summed E-state index contributed by atoms with van der Waals surface area (Å²) < 4.78 is 14.1. The van der Waals surface area contributed by atoms with Crippen LogP contribution in [0.15, 0.2) is 64.7 Å². The maximum Gasteiger partial charge on any atom is 0.0824 e. The molecule has 1 aromatic rings. The van der Waals surface area contributed by atoms with Gasteiger partial charge in [0.25, 0.3) is 0 Å². The number of halogens is 1. The lowest BCUT2D eigenvalue weighted by molar-refractivity contribution is 0.445. The largest absolute Gasteiger partial charge is 0.402 e. The van der Waals surface area contributed by atoms with Gasteiger partial charge in [0.05, 0.1) is 12.2 Å². The smallest absolute Gasteiger partial charge is 0.0824 e. The summed E-state index contributed by atoms with van der Waals surface area (Å²) in [6.07, 6.45) is 8.04. The van der Waals surface area contributed by atoms with E-state index in [2.05, 4.69) is 12.6 Å². The molecule has 94 valence electrons. The maximum atomic E-state index is 14.1. The van der Waals surface area contributed by atoms with Crippen LogP contribution in [0.2, 0.25) is 0 Å². The summed E-state index contributed by atoms with van der Waals surface area (Å²) >= 11 is 4.24. The summed E-state index contributed by atoms with van der Waals surface area (Å²) in [6, 6.07) is 7.08. The van der Waals surface area contributed by atoms with Gasteiger partial charge in [-0.05, 0) is 23.8 Å².